The van der Waals surface area contributed by atoms with Crippen LogP contribution in [0.5, 0.6) is 11.5 Å². The molecule has 0 saturated heterocycles. The van der Waals surface area contributed by atoms with E-state index in [1.807, 2.05) is 11.3 Å². The molecule has 3 heteroatoms. The molecule has 11 aromatic carbocycles. The van der Waals surface area contributed by atoms with Crippen molar-refractivity contribution in [1.29, 1.82) is 0 Å². The van der Waals surface area contributed by atoms with Crippen molar-refractivity contribution in [2.75, 3.05) is 4.90 Å². The van der Waals surface area contributed by atoms with Crippen LogP contribution in [0.1, 0.15) is 22.3 Å². The summed E-state index contributed by atoms with van der Waals surface area (Å²) >= 11 is 1.85. The zero-order chi connectivity index (χ0) is 43.3. The number of para-hydroxylation sites is 1. The molecule has 2 aliphatic rings. The maximum absolute atomic E-state index is 7.22. The third-order valence-corrected chi connectivity index (χ3v) is 15.3. The van der Waals surface area contributed by atoms with Crippen molar-refractivity contribution in [3.63, 3.8) is 0 Å². The number of nitrogens with zero attached hydrogens (tertiary/aromatic N) is 1. The number of hydrogen-bond acceptors (Lipinski definition) is 3. The second-order valence-corrected chi connectivity index (χ2v) is 18.6. The van der Waals surface area contributed by atoms with Crippen molar-refractivity contribution < 1.29 is 4.74 Å². The molecule has 0 atom stereocenters. The second-order valence-electron chi connectivity index (χ2n) is 17.5. The van der Waals surface area contributed by atoms with Gasteiger partial charge in [0.2, 0.25) is 0 Å². The molecule has 66 heavy (non-hydrogen) atoms. The number of hydrogen-bond donors (Lipinski definition) is 0. The van der Waals surface area contributed by atoms with Crippen LogP contribution in [-0.2, 0) is 5.41 Å². The van der Waals surface area contributed by atoms with Crippen LogP contribution in [0, 0.1) is 0 Å². The molecule has 1 spiro atoms. The van der Waals surface area contributed by atoms with E-state index in [0.717, 1.165) is 50.5 Å². The highest BCUT2D eigenvalue weighted by Crippen LogP contribution is 2.64. The van der Waals surface area contributed by atoms with Crippen molar-refractivity contribution in [3.05, 3.63) is 259 Å². The Morgan fingerprint density at radius 1 is 0.333 bits per heavy atom. The van der Waals surface area contributed by atoms with Gasteiger partial charge >= 0.3 is 0 Å². The zero-order valence-corrected chi connectivity index (χ0v) is 36.6. The molecule has 0 fully saturated rings. The summed E-state index contributed by atoms with van der Waals surface area (Å²) in [6.45, 7) is 0. The third kappa shape index (κ3) is 5.35. The first-order chi connectivity index (χ1) is 32.7. The van der Waals surface area contributed by atoms with E-state index in [1.165, 1.54) is 75.5 Å². The first-order valence-electron chi connectivity index (χ1n) is 22.7. The Morgan fingerprint density at radius 3 is 1.71 bits per heavy atom. The van der Waals surface area contributed by atoms with Crippen LogP contribution in [0.3, 0.4) is 0 Å². The quantitative estimate of drug-likeness (QED) is 0.171. The number of rotatable bonds is 5. The van der Waals surface area contributed by atoms with Crippen molar-refractivity contribution in [2.24, 2.45) is 0 Å². The van der Waals surface area contributed by atoms with Crippen LogP contribution >= 0.6 is 11.3 Å². The fourth-order valence-electron chi connectivity index (χ4n) is 11.2. The molecule has 0 bridgehead atoms. The molecule has 0 saturated carbocycles. The van der Waals surface area contributed by atoms with Gasteiger partial charge in [0.05, 0.1) is 11.1 Å². The van der Waals surface area contributed by atoms with Crippen LogP contribution in [0.25, 0.3) is 75.1 Å². The topological polar surface area (TPSA) is 12.5 Å². The lowest BCUT2D eigenvalue weighted by Gasteiger charge is -2.40. The standard InChI is InChI=1S/C63H39NOS/c1-2-15-40(16-3-1)43-19-14-20-45(37-43)64(46-32-36-60-53(39-46)51-25-10-13-28-59(51)66-60)58-27-12-9-21-47(58)44-31-33-55-52(38-44)50-24-8-11-26-54(50)63(55)56-34-29-41-17-4-6-22-48(41)61(56)65-62-49-23-7-5-18-42(49)30-35-57(62)63/h1-39H. The van der Waals surface area contributed by atoms with E-state index in [-0.39, 0.29) is 0 Å². The monoisotopic (exact) mass is 857 g/mol. The highest BCUT2D eigenvalue weighted by molar-refractivity contribution is 7.25. The normalized spacial score (nSPS) is 13.1. The molecule has 0 amide bonds. The van der Waals surface area contributed by atoms with Crippen LogP contribution in [0.15, 0.2) is 237 Å². The summed E-state index contributed by atoms with van der Waals surface area (Å²) in [5.41, 5.74) is 14.8. The maximum Gasteiger partial charge on any atom is 0.140 e. The van der Waals surface area contributed by atoms with Crippen molar-refractivity contribution in [1.82, 2.24) is 0 Å². The van der Waals surface area contributed by atoms with Gasteiger partial charge in [-0.05, 0) is 98.2 Å². The molecule has 2 nitrogen and oxygen atoms in total. The molecule has 1 aliphatic heterocycles. The predicted octanol–water partition coefficient (Wildman–Crippen LogP) is 17.6. The number of benzene rings is 11. The Labute approximate surface area is 386 Å². The highest BCUT2D eigenvalue weighted by atomic mass is 32.1. The Hall–Kier alpha value is -8.24. The predicted molar refractivity (Wildman–Crippen MR) is 277 cm³/mol. The van der Waals surface area contributed by atoms with Crippen molar-refractivity contribution in [3.8, 4) is 44.9 Å². The third-order valence-electron chi connectivity index (χ3n) is 14.1. The molecule has 1 aliphatic carbocycles. The maximum atomic E-state index is 7.22. The molecule has 0 N–H and O–H groups in total. The van der Waals surface area contributed by atoms with Gasteiger partial charge in [-0.2, -0.15) is 0 Å². The largest absolute Gasteiger partial charge is 0.455 e. The van der Waals surface area contributed by atoms with E-state index in [1.54, 1.807) is 0 Å². The Morgan fingerprint density at radius 2 is 0.924 bits per heavy atom. The molecule has 1 aromatic heterocycles. The van der Waals surface area contributed by atoms with Crippen LogP contribution in [0.2, 0.25) is 0 Å². The molecular formula is C63H39NOS. The summed E-state index contributed by atoms with van der Waals surface area (Å²) in [4.78, 5) is 2.46. The Bertz CT molecular complexity index is 3850. The minimum Gasteiger partial charge on any atom is -0.455 e. The Kier molecular flexibility index (Phi) is 8.10. The van der Waals surface area contributed by atoms with Gasteiger partial charge in [0.25, 0.3) is 0 Å². The van der Waals surface area contributed by atoms with Gasteiger partial charge in [-0.15, -0.1) is 11.3 Å². The van der Waals surface area contributed by atoms with E-state index in [9.17, 15) is 0 Å². The molecule has 0 unspecified atom stereocenters. The molecule has 0 radical (unpaired) electrons. The first-order valence-corrected chi connectivity index (χ1v) is 23.5. The molecule has 2 heterocycles. The number of thiophene rings is 1. The van der Waals surface area contributed by atoms with E-state index >= 15 is 0 Å². The zero-order valence-electron chi connectivity index (χ0n) is 35.8. The number of fused-ring (bicyclic) bond motifs is 16. The van der Waals surface area contributed by atoms with E-state index in [2.05, 4.69) is 241 Å². The van der Waals surface area contributed by atoms with Crippen LogP contribution < -0.4 is 9.64 Å². The summed E-state index contributed by atoms with van der Waals surface area (Å²) in [7, 11) is 0. The fraction of sp³-hybridized carbons (Fsp3) is 0.0159. The highest BCUT2D eigenvalue weighted by Gasteiger charge is 2.52. The number of anilines is 3. The SMILES string of the molecule is c1ccc(-c2cccc(N(c3ccc4sc5ccccc5c4c3)c3ccccc3-c3ccc4c(c3)-c3ccccc3C43c4ccc5ccccc5c4Oc4c3ccc3ccccc43)c2)cc1. The lowest BCUT2D eigenvalue weighted by molar-refractivity contribution is 0.447. The second kappa shape index (κ2) is 14.4. The van der Waals surface area contributed by atoms with Gasteiger partial charge in [-0.1, -0.05) is 188 Å². The van der Waals surface area contributed by atoms with Gasteiger partial charge in [-0.3, -0.25) is 0 Å². The summed E-state index contributed by atoms with van der Waals surface area (Å²) in [6, 6.07) is 87.0. The molecular weight excluding hydrogens is 819 g/mol. The minimum absolute atomic E-state index is 0.608. The van der Waals surface area contributed by atoms with E-state index in [0.29, 0.717) is 0 Å². The number of ether oxygens (including phenoxy) is 1. The van der Waals surface area contributed by atoms with Gasteiger partial charge in [0.15, 0.2) is 0 Å². The first kappa shape index (κ1) is 37.2. The smallest absolute Gasteiger partial charge is 0.140 e. The summed E-state index contributed by atoms with van der Waals surface area (Å²) < 4.78 is 9.80. The van der Waals surface area contributed by atoms with Crippen LogP contribution in [-0.4, -0.2) is 0 Å². The Balaban J connectivity index is 1.01. The van der Waals surface area contributed by atoms with Gasteiger partial charge in [0, 0.05) is 59.0 Å². The summed E-state index contributed by atoms with van der Waals surface area (Å²) in [6.07, 6.45) is 0. The van der Waals surface area contributed by atoms with Crippen molar-refractivity contribution in [2.45, 2.75) is 5.41 Å². The molecule has 12 aromatic rings. The fourth-order valence-corrected chi connectivity index (χ4v) is 12.3. The molecule has 14 rings (SSSR count). The molecule has 308 valence electrons. The van der Waals surface area contributed by atoms with Gasteiger partial charge in [0.1, 0.15) is 11.5 Å². The van der Waals surface area contributed by atoms with Gasteiger partial charge in [-0.25, -0.2) is 0 Å². The minimum atomic E-state index is -0.608. The van der Waals surface area contributed by atoms with Gasteiger partial charge < -0.3 is 9.64 Å². The van der Waals surface area contributed by atoms with Crippen molar-refractivity contribution >= 4 is 70.1 Å². The van der Waals surface area contributed by atoms with E-state index < -0.39 is 5.41 Å². The average molecular weight is 858 g/mol. The van der Waals surface area contributed by atoms with Crippen LogP contribution in [0.4, 0.5) is 17.1 Å². The lowest BCUT2D eigenvalue weighted by Crippen LogP contribution is -2.32. The summed E-state index contributed by atoms with van der Waals surface area (Å²) in [5, 5.41) is 7.13. The lowest BCUT2D eigenvalue weighted by atomic mass is 9.65. The summed E-state index contributed by atoms with van der Waals surface area (Å²) in [5.74, 6) is 1.86. The van der Waals surface area contributed by atoms with E-state index in [4.69, 9.17) is 4.74 Å². The average Bonchev–Trinajstić information content (AvgIpc) is 3.90.